The molecule has 0 aliphatic rings. The van der Waals surface area contributed by atoms with Crippen molar-refractivity contribution in [3.05, 3.63) is 65.5 Å². The normalized spacial score (nSPS) is 12.1. The van der Waals surface area contributed by atoms with Crippen LogP contribution < -0.4 is 10.6 Å². The first-order chi connectivity index (χ1) is 10.8. The van der Waals surface area contributed by atoms with Crippen molar-refractivity contribution in [3.8, 4) is 11.3 Å². The fourth-order valence-corrected chi connectivity index (χ4v) is 3.20. The maximum absolute atomic E-state index is 6.08. The number of rotatable bonds is 2. The first-order valence-electron chi connectivity index (χ1n) is 6.74. The lowest BCUT2D eigenvalue weighted by Crippen LogP contribution is -2.22. The Morgan fingerprint density at radius 3 is 2.41 bits per heavy atom. The van der Waals surface area contributed by atoms with E-state index in [0.717, 1.165) is 21.6 Å². The van der Waals surface area contributed by atoms with Gasteiger partial charge in [0.1, 0.15) is 10.4 Å². The Kier molecular flexibility index (Phi) is 3.01. The van der Waals surface area contributed by atoms with E-state index in [1.807, 2.05) is 60.7 Å². The molecule has 0 bridgehead atoms. The van der Waals surface area contributed by atoms with Gasteiger partial charge in [0.05, 0.1) is 5.69 Å². The largest absolute Gasteiger partial charge is 0.334 e. The van der Waals surface area contributed by atoms with E-state index in [1.165, 1.54) is 16.0 Å². The minimum Gasteiger partial charge on any atom is -0.334 e. The van der Waals surface area contributed by atoms with Crippen LogP contribution in [0.3, 0.4) is 0 Å². The van der Waals surface area contributed by atoms with Crippen LogP contribution in [0.15, 0.2) is 70.2 Å². The van der Waals surface area contributed by atoms with Crippen LogP contribution in [0.5, 0.6) is 0 Å². The number of nitrogens with zero attached hydrogens (tertiary/aromatic N) is 3. The quantitative estimate of drug-likeness (QED) is 0.578. The molecule has 0 fully saturated rings. The zero-order valence-electron chi connectivity index (χ0n) is 11.5. The summed E-state index contributed by atoms with van der Waals surface area (Å²) in [6, 6.07) is 19.6. The third kappa shape index (κ3) is 2.10. The predicted molar refractivity (Wildman–Crippen MR) is 87.1 cm³/mol. The Labute approximate surface area is 129 Å². The summed E-state index contributed by atoms with van der Waals surface area (Å²) < 4.78 is 7.72. The van der Waals surface area contributed by atoms with Crippen molar-refractivity contribution in [1.29, 1.82) is 0 Å². The van der Waals surface area contributed by atoms with Gasteiger partial charge in [-0.15, -0.1) is 0 Å². The summed E-state index contributed by atoms with van der Waals surface area (Å²) in [5.74, 6) is 6.08. The van der Waals surface area contributed by atoms with Crippen molar-refractivity contribution in [1.82, 2.24) is 9.83 Å². The third-order valence-electron chi connectivity index (χ3n) is 3.28. The standard InChI is InChI=1S/C16H12N4OS/c17-20-15-14(13(19-21-15)11-7-3-1-4-8-11)22-16(20)18-12-9-5-2-6-10-12/h1-10H,17H2. The number of fused-ring (bicyclic) bond motifs is 1. The van der Waals surface area contributed by atoms with E-state index in [4.69, 9.17) is 10.4 Å². The molecule has 2 aromatic carbocycles. The second kappa shape index (κ2) is 5.16. The summed E-state index contributed by atoms with van der Waals surface area (Å²) in [5.41, 5.74) is 3.15. The van der Waals surface area contributed by atoms with Crippen LogP contribution in [-0.2, 0) is 0 Å². The van der Waals surface area contributed by atoms with Crippen molar-refractivity contribution in [2.24, 2.45) is 4.99 Å². The van der Waals surface area contributed by atoms with E-state index in [0.29, 0.717) is 10.5 Å². The minimum absolute atomic E-state index is 0.526. The van der Waals surface area contributed by atoms with Gasteiger partial charge >= 0.3 is 0 Å². The molecule has 2 N–H and O–H groups in total. The topological polar surface area (TPSA) is 69.3 Å². The van der Waals surface area contributed by atoms with Crippen LogP contribution in [0.2, 0.25) is 0 Å². The average molecular weight is 308 g/mol. The van der Waals surface area contributed by atoms with Gasteiger partial charge in [-0.1, -0.05) is 65.0 Å². The first kappa shape index (κ1) is 12.8. The minimum atomic E-state index is 0.526. The van der Waals surface area contributed by atoms with Gasteiger partial charge in [-0.2, -0.15) is 4.68 Å². The molecule has 2 heterocycles. The Bertz CT molecular complexity index is 983. The van der Waals surface area contributed by atoms with Gasteiger partial charge in [-0.25, -0.2) is 4.99 Å². The van der Waals surface area contributed by atoms with Crippen molar-refractivity contribution < 1.29 is 4.52 Å². The molecule has 22 heavy (non-hydrogen) atoms. The van der Waals surface area contributed by atoms with Crippen LogP contribution >= 0.6 is 11.3 Å². The number of hydrogen-bond donors (Lipinski definition) is 1. The van der Waals surface area contributed by atoms with Gasteiger partial charge in [0.2, 0.25) is 4.80 Å². The molecule has 0 radical (unpaired) electrons. The van der Waals surface area contributed by atoms with Crippen LogP contribution in [0.25, 0.3) is 21.7 Å². The number of hydrogen-bond acceptors (Lipinski definition) is 5. The fraction of sp³-hybridized carbons (Fsp3) is 0. The van der Waals surface area contributed by atoms with Gasteiger partial charge in [-0.3, -0.25) is 0 Å². The van der Waals surface area contributed by atoms with E-state index in [-0.39, 0.29) is 0 Å². The third-order valence-corrected chi connectivity index (χ3v) is 4.32. The van der Waals surface area contributed by atoms with Crippen LogP contribution in [0, 0.1) is 0 Å². The summed E-state index contributed by atoms with van der Waals surface area (Å²) >= 11 is 1.46. The number of para-hydroxylation sites is 1. The van der Waals surface area contributed by atoms with E-state index >= 15 is 0 Å². The molecule has 0 unspecified atom stereocenters. The lowest BCUT2D eigenvalue weighted by atomic mass is 10.2. The number of benzene rings is 2. The highest BCUT2D eigenvalue weighted by atomic mass is 32.1. The molecule has 0 aliphatic carbocycles. The zero-order chi connectivity index (χ0) is 14.9. The summed E-state index contributed by atoms with van der Waals surface area (Å²) in [5, 5.41) is 4.13. The average Bonchev–Trinajstić information content (AvgIpc) is 3.11. The van der Waals surface area contributed by atoms with Crippen molar-refractivity contribution >= 4 is 27.4 Å². The molecular formula is C16H12N4OS. The smallest absolute Gasteiger partial charge is 0.270 e. The zero-order valence-corrected chi connectivity index (χ0v) is 12.3. The molecule has 4 rings (SSSR count). The summed E-state index contributed by atoms with van der Waals surface area (Å²) in [6.07, 6.45) is 0. The van der Waals surface area contributed by atoms with E-state index < -0.39 is 0 Å². The van der Waals surface area contributed by atoms with E-state index in [1.54, 1.807) is 0 Å². The van der Waals surface area contributed by atoms with Crippen molar-refractivity contribution in [2.75, 3.05) is 5.84 Å². The SMILES string of the molecule is Nn1c(=Nc2ccccc2)sc2c(-c3ccccc3)noc21. The summed E-state index contributed by atoms with van der Waals surface area (Å²) in [6.45, 7) is 0. The number of aromatic nitrogens is 2. The highest BCUT2D eigenvalue weighted by Crippen LogP contribution is 2.29. The van der Waals surface area contributed by atoms with Crippen molar-refractivity contribution in [3.63, 3.8) is 0 Å². The van der Waals surface area contributed by atoms with E-state index in [9.17, 15) is 0 Å². The molecule has 5 nitrogen and oxygen atoms in total. The van der Waals surface area contributed by atoms with Crippen LogP contribution in [0.4, 0.5) is 5.69 Å². The van der Waals surface area contributed by atoms with Crippen LogP contribution in [0.1, 0.15) is 0 Å². The Morgan fingerprint density at radius 1 is 1.00 bits per heavy atom. The monoisotopic (exact) mass is 308 g/mol. The number of thiazole rings is 1. The van der Waals surface area contributed by atoms with E-state index in [2.05, 4.69) is 10.1 Å². The molecule has 0 aliphatic heterocycles. The van der Waals surface area contributed by atoms with Crippen LogP contribution in [-0.4, -0.2) is 9.83 Å². The number of nitrogen functional groups attached to an aromatic ring is 1. The molecule has 0 saturated heterocycles. The molecule has 0 atom stereocenters. The molecule has 0 spiro atoms. The van der Waals surface area contributed by atoms with Gasteiger partial charge in [0.15, 0.2) is 0 Å². The summed E-state index contributed by atoms with van der Waals surface area (Å²) in [7, 11) is 0. The van der Waals surface area contributed by atoms with Gasteiger partial charge in [-0.05, 0) is 12.1 Å². The second-order valence-electron chi connectivity index (χ2n) is 4.73. The van der Waals surface area contributed by atoms with Crippen molar-refractivity contribution in [2.45, 2.75) is 0 Å². The molecule has 4 aromatic rings. The maximum Gasteiger partial charge on any atom is 0.270 e. The van der Waals surface area contributed by atoms with Gasteiger partial charge < -0.3 is 10.4 Å². The molecule has 6 heteroatoms. The van der Waals surface area contributed by atoms with Gasteiger partial charge in [0.25, 0.3) is 5.71 Å². The Hall–Kier alpha value is -2.86. The molecular weight excluding hydrogens is 296 g/mol. The lowest BCUT2D eigenvalue weighted by molar-refractivity contribution is 0.443. The second-order valence-corrected chi connectivity index (χ2v) is 5.71. The molecule has 2 aromatic heterocycles. The highest BCUT2D eigenvalue weighted by Gasteiger charge is 2.16. The highest BCUT2D eigenvalue weighted by molar-refractivity contribution is 7.16. The Morgan fingerprint density at radius 2 is 1.68 bits per heavy atom. The molecule has 0 saturated carbocycles. The Balaban J connectivity index is 1.92. The summed E-state index contributed by atoms with van der Waals surface area (Å²) in [4.78, 5) is 5.22. The fourth-order valence-electron chi connectivity index (χ4n) is 2.22. The van der Waals surface area contributed by atoms with Gasteiger partial charge in [0, 0.05) is 5.56 Å². The first-order valence-corrected chi connectivity index (χ1v) is 7.56. The number of nitrogens with two attached hydrogens (primary N) is 1. The molecule has 0 amide bonds. The molecule has 108 valence electrons. The predicted octanol–water partition coefficient (Wildman–Crippen LogP) is 3.30. The lowest BCUT2D eigenvalue weighted by Gasteiger charge is -1.93. The maximum atomic E-state index is 6.08.